The lowest BCUT2D eigenvalue weighted by Crippen LogP contribution is -2.32. The van der Waals surface area contributed by atoms with Gasteiger partial charge >= 0.3 is 0 Å². The van der Waals surface area contributed by atoms with Crippen LogP contribution in [0.2, 0.25) is 0 Å². The van der Waals surface area contributed by atoms with Gasteiger partial charge in [0, 0.05) is 35.2 Å². The van der Waals surface area contributed by atoms with Crippen molar-refractivity contribution in [2.45, 2.75) is 40.2 Å². The zero-order valence-electron chi connectivity index (χ0n) is 13.3. The first-order chi connectivity index (χ1) is 9.58. The molecule has 1 aromatic carbocycles. The van der Waals surface area contributed by atoms with Gasteiger partial charge in [0.25, 0.3) is 0 Å². The van der Waals surface area contributed by atoms with Gasteiger partial charge in [0.1, 0.15) is 5.75 Å². The summed E-state index contributed by atoms with van der Waals surface area (Å²) in [6, 6.07) is 4.73. The molecule has 0 amide bonds. The van der Waals surface area contributed by atoms with Crippen molar-refractivity contribution in [3.05, 3.63) is 29.5 Å². The van der Waals surface area contributed by atoms with E-state index in [9.17, 15) is 0 Å². The molecule has 0 aliphatic rings. The molecular formula is C17H26N2O. The molecule has 2 rings (SSSR count). The zero-order valence-corrected chi connectivity index (χ0v) is 13.3. The number of aryl methyl sites for hydroxylation is 1. The summed E-state index contributed by atoms with van der Waals surface area (Å²) in [6.45, 7) is 11.1. The van der Waals surface area contributed by atoms with E-state index in [2.05, 4.69) is 49.8 Å². The van der Waals surface area contributed by atoms with Crippen molar-refractivity contribution < 1.29 is 4.74 Å². The minimum atomic E-state index is 0.598. The van der Waals surface area contributed by atoms with Gasteiger partial charge in [-0.25, -0.2) is 0 Å². The Bertz CT molecular complexity index is 572. The number of aromatic amines is 1. The maximum absolute atomic E-state index is 5.44. The smallest absolute Gasteiger partial charge is 0.122 e. The van der Waals surface area contributed by atoms with Crippen molar-refractivity contribution in [1.82, 2.24) is 9.88 Å². The quantitative estimate of drug-likeness (QED) is 0.868. The maximum Gasteiger partial charge on any atom is 0.122 e. The molecule has 0 fully saturated rings. The molecule has 110 valence electrons. The van der Waals surface area contributed by atoms with E-state index >= 15 is 0 Å². The number of nitrogens with zero attached hydrogens (tertiary/aromatic N) is 1. The molecule has 1 heterocycles. The normalized spacial score (nSPS) is 11.8. The molecular weight excluding hydrogens is 248 g/mol. The van der Waals surface area contributed by atoms with Crippen molar-refractivity contribution in [1.29, 1.82) is 0 Å². The zero-order chi connectivity index (χ0) is 14.7. The number of benzene rings is 1. The van der Waals surface area contributed by atoms with E-state index in [0.717, 1.165) is 25.3 Å². The van der Waals surface area contributed by atoms with Gasteiger partial charge in [-0.1, -0.05) is 6.92 Å². The topological polar surface area (TPSA) is 28.3 Å². The molecule has 0 saturated heterocycles. The van der Waals surface area contributed by atoms with E-state index in [1.807, 2.05) is 6.07 Å². The Morgan fingerprint density at radius 2 is 2.05 bits per heavy atom. The van der Waals surface area contributed by atoms with Crippen molar-refractivity contribution in [3.63, 3.8) is 0 Å². The summed E-state index contributed by atoms with van der Waals surface area (Å²) in [5.41, 5.74) is 3.82. The molecule has 0 saturated carbocycles. The summed E-state index contributed by atoms with van der Waals surface area (Å²) in [6.07, 6.45) is 3.21. The van der Waals surface area contributed by atoms with Crippen LogP contribution in [0.3, 0.4) is 0 Å². The summed E-state index contributed by atoms with van der Waals surface area (Å²) in [5.74, 6) is 0.967. The van der Waals surface area contributed by atoms with Crippen LogP contribution in [0.4, 0.5) is 0 Å². The lowest BCUT2D eigenvalue weighted by atomic mass is 10.0. The summed E-state index contributed by atoms with van der Waals surface area (Å²) >= 11 is 0. The van der Waals surface area contributed by atoms with Gasteiger partial charge in [0.15, 0.2) is 0 Å². The Hall–Kier alpha value is -1.48. The standard InChI is InChI=1S/C17H26N2O/c1-6-19(12(2)3)10-9-14-11-18-15-7-8-16(20-5)13(4)17(14)15/h7-8,11-12,18H,6,9-10H2,1-5H3. The van der Waals surface area contributed by atoms with Crippen LogP contribution in [0.5, 0.6) is 5.75 Å². The first kappa shape index (κ1) is 14.9. The van der Waals surface area contributed by atoms with Crippen molar-refractivity contribution in [3.8, 4) is 5.75 Å². The summed E-state index contributed by atoms with van der Waals surface area (Å²) in [7, 11) is 1.73. The fourth-order valence-corrected chi connectivity index (χ4v) is 2.93. The SMILES string of the molecule is CCN(CCc1c[nH]c2ccc(OC)c(C)c12)C(C)C. The van der Waals surface area contributed by atoms with Gasteiger partial charge in [-0.15, -0.1) is 0 Å². The van der Waals surface area contributed by atoms with Crippen molar-refractivity contribution in [2.75, 3.05) is 20.2 Å². The van der Waals surface area contributed by atoms with Crippen LogP contribution in [0.25, 0.3) is 10.9 Å². The van der Waals surface area contributed by atoms with E-state index in [1.54, 1.807) is 7.11 Å². The van der Waals surface area contributed by atoms with Gasteiger partial charge in [-0.3, -0.25) is 0 Å². The first-order valence-corrected chi connectivity index (χ1v) is 7.46. The number of likely N-dealkylation sites (N-methyl/N-ethyl adjacent to an activating group) is 1. The van der Waals surface area contributed by atoms with E-state index < -0.39 is 0 Å². The number of aromatic nitrogens is 1. The van der Waals surface area contributed by atoms with Crippen molar-refractivity contribution >= 4 is 10.9 Å². The second-order valence-electron chi connectivity index (χ2n) is 5.60. The highest BCUT2D eigenvalue weighted by atomic mass is 16.5. The molecule has 3 nitrogen and oxygen atoms in total. The molecule has 1 N–H and O–H groups in total. The van der Waals surface area contributed by atoms with Crippen LogP contribution in [-0.2, 0) is 6.42 Å². The number of nitrogens with one attached hydrogen (secondary N) is 1. The third-order valence-electron chi connectivity index (χ3n) is 4.16. The minimum Gasteiger partial charge on any atom is -0.496 e. The summed E-state index contributed by atoms with van der Waals surface area (Å²) in [5, 5.41) is 1.32. The molecule has 20 heavy (non-hydrogen) atoms. The van der Waals surface area contributed by atoms with Gasteiger partial charge in [0.2, 0.25) is 0 Å². The highest BCUT2D eigenvalue weighted by molar-refractivity contribution is 5.88. The van der Waals surface area contributed by atoms with Crippen molar-refractivity contribution in [2.24, 2.45) is 0 Å². The Balaban J connectivity index is 2.26. The fraction of sp³-hybridized carbons (Fsp3) is 0.529. The van der Waals surface area contributed by atoms with Gasteiger partial charge in [-0.2, -0.15) is 0 Å². The van der Waals surface area contributed by atoms with Crippen LogP contribution in [0, 0.1) is 6.92 Å². The number of hydrogen-bond donors (Lipinski definition) is 1. The third-order valence-corrected chi connectivity index (χ3v) is 4.16. The minimum absolute atomic E-state index is 0.598. The molecule has 3 heteroatoms. The lowest BCUT2D eigenvalue weighted by molar-refractivity contribution is 0.237. The molecule has 0 bridgehead atoms. The highest BCUT2D eigenvalue weighted by Crippen LogP contribution is 2.29. The predicted octanol–water partition coefficient (Wildman–Crippen LogP) is 3.76. The molecule has 2 aromatic rings. The molecule has 0 spiro atoms. The highest BCUT2D eigenvalue weighted by Gasteiger charge is 2.12. The van der Waals surface area contributed by atoms with E-state index in [4.69, 9.17) is 4.74 Å². The average Bonchev–Trinajstić information content (AvgIpc) is 2.83. The number of hydrogen-bond acceptors (Lipinski definition) is 2. The Morgan fingerprint density at radius 3 is 2.65 bits per heavy atom. The van der Waals surface area contributed by atoms with E-state index in [1.165, 1.54) is 22.0 Å². The van der Waals surface area contributed by atoms with Crippen LogP contribution in [0.15, 0.2) is 18.3 Å². The second kappa shape index (κ2) is 6.31. The largest absolute Gasteiger partial charge is 0.496 e. The molecule has 0 atom stereocenters. The molecule has 0 aliphatic heterocycles. The monoisotopic (exact) mass is 274 g/mol. The van der Waals surface area contributed by atoms with E-state index in [-0.39, 0.29) is 0 Å². The van der Waals surface area contributed by atoms with E-state index in [0.29, 0.717) is 6.04 Å². The number of H-pyrrole nitrogens is 1. The van der Waals surface area contributed by atoms with Gasteiger partial charge < -0.3 is 14.6 Å². The fourth-order valence-electron chi connectivity index (χ4n) is 2.93. The molecule has 1 aromatic heterocycles. The molecule has 0 unspecified atom stereocenters. The number of ether oxygens (including phenoxy) is 1. The lowest BCUT2D eigenvalue weighted by Gasteiger charge is -2.24. The number of rotatable bonds is 6. The second-order valence-corrected chi connectivity index (χ2v) is 5.60. The van der Waals surface area contributed by atoms with Crippen LogP contribution in [-0.4, -0.2) is 36.1 Å². The predicted molar refractivity (Wildman–Crippen MR) is 85.7 cm³/mol. The Kier molecular flexibility index (Phi) is 4.71. The summed E-state index contributed by atoms with van der Waals surface area (Å²) in [4.78, 5) is 5.87. The molecule has 0 radical (unpaired) electrons. The Labute approximate surface area is 121 Å². The first-order valence-electron chi connectivity index (χ1n) is 7.46. The maximum atomic E-state index is 5.44. The number of fused-ring (bicyclic) bond motifs is 1. The summed E-state index contributed by atoms with van der Waals surface area (Å²) < 4.78 is 5.44. The third kappa shape index (κ3) is 2.83. The van der Waals surface area contributed by atoms with Gasteiger partial charge in [-0.05, 0) is 51.4 Å². The Morgan fingerprint density at radius 1 is 1.30 bits per heavy atom. The average molecular weight is 274 g/mol. The molecule has 0 aliphatic carbocycles. The van der Waals surface area contributed by atoms with Crippen LogP contribution in [0.1, 0.15) is 31.9 Å². The van der Waals surface area contributed by atoms with Gasteiger partial charge in [0.05, 0.1) is 7.11 Å². The van der Waals surface area contributed by atoms with Crippen LogP contribution < -0.4 is 4.74 Å². The number of methoxy groups -OCH3 is 1. The van der Waals surface area contributed by atoms with Crippen LogP contribution >= 0.6 is 0 Å².